The molecule has 0 spiro atoms. The molecule has 4 nitrogen and oxygen atoms in total. The zero-order chi connectivity index (χ0) is 23.2. The molecule has 178 valence electrons. The van der Waals surface area contributed by atoms with E-state index in [1.165, 1.54) is 64.2 Å². The Morgan fingerprint density at radius 3 is 1.07 bits per heavy atom. The minimum atomic E-state index is -0.484. The van der Waals surface area contributed by atoms with Gasteiger partial charge in [-0.1, -0.05) is 113 Å². The van der Waals surface area contributed by atoms with Crippen LogP contribution in [0, 0.1) is 0 Å². The van der Waals surface area contributed by atoms with E-state index in [0.29, 0.717) is 6.04 Å². The van der Waals surface area contributed by atoms with Crippen LogP contribution < -0.4 is 16.8 Å². The van der Waals surface area contributed by atoms with E-state index in [9.17, 15) is 4.79 Å². The van der Waals surface area contributed by atoms with Crippen LogP contribution in [0.3, 0.4) is 0 Å². The molecule has 0 aromatic heterocycles. The summed E-state index contributed by atoms with van der Waals surface area (Å²) in [5.74, 6) is 0.0671. The third-order valence-electron chi connectivity index (χ3n) is 3.24. The normalized spacial score (nSPS) is 10.8. The van der Waals surface area contributed by atoms with Gasteiger partial charge in [-0.25, -0.2) is 4.79 Å². The van der Waals surface area contributed by atoms with Crippen LogP contribution in [0.25, 0.3) is 0 Å². The van der Waals surface area contributed by atoms with Crippen LogP contribution in [0.1, 0.15) is 134 Å². The molecule has 28 heavy (non-hydrogen) atoms. The number of nitrogens with one attached hydrogen (secondary N) is 1. The third kappa shape index (κ3) is 97.4. The maximum atomic E-state index is 9.91. The van der Waals surface area contributed by atoms with Gasteiger partial charge in [0.1, 0.15) is 0 Å². The van der Waals surface area contributed by atoms with Gasteiger partial charge >= 0.3 is 6.03 Å². The average Bonchev–Trinajstić information content (AvgIpc) is 2.58. The Hall–Kier alpha value is -0.340. The van der Waals surface area contributed by atoms with Crippen LogP contribution in [-0.2, 0) is 0 Å². The lowest BCUT2D eigenvalue weighted by molar-refractivity contribution is 0.248. The number of primary amides is 1. The van der Waals surface area contributed by atoms with Gasteiger partial charge in [-0.15, -0.1) is 9.24 Å². The topological polar surface area (TPSA) is 81.1 Å². The maximum absolute atomic E-state index is 9.91. The van der Waals surface area contributed by atoms with Crippen LogP contribution in [-0.4, -0.2) is 17.9 Å². The highest BCUT2D eigenvalue weighted by Crippen LogP contribution is 1.90. The molecule has 0 fully saturated rings. The molecule has 0 bridgehead atoms. The fourth-order valence-corrected chi connectivity index (χ4v) is 1.90. The summed E-state index contributed by atoms with van der Waals surface area (Å²) in [4.78, 5) is 9.91. The summed E-state index contributed by atoms with van der Waals surface area (Å²) in [7, 11) is 2.39. The molecule has 0 rings (SSSR count). The first-order valence-corrected chi connectivity index (χ1v) is 12.4. The van der Waals surface area contributed by atoms with Gasteiger partial charge in [-0.2, -0.15) is 0 Å². The van der Waals surface area contributed by atoms with E-state index in [4.69, 9.17) is 11.5 Å². The molecule has 3 atom stereocenters. The number of urea groups is 1. The molecule has 5 heteroatoms. The first-order chi connectivity index (χ1) is 13.1. The Bertz CT molecular complexity index is 224. The zero-order valence-electron chi connectivity index (χ0n) is 21.1. The van der Waals surface area contributed by atoms with Crippen LogP contribution in [0.15, 0.2) is 0 Å². The summed E-state index contributed by atoms with van der Waals surface area (Å²) in [6.07, 6.45) is 14.6. The SMILES string of the molecule is CC(P)NC(N)=O.CCCC(C)N.CCCCC.CCCCC.CCCCC.[HH]. The number of amides is 2. The van der Waals surface area contributed by atoms with Crippen LogP contribution in [0.4, 0.5) is 4.79 Å². The molecule has 0 aliphatic heterocycles. The summed E-state index contributed by atoms with van der Waals surface area (Å²) in [6.45, 7) is 19.3. The monoisotopic (exact) mass is 425 g/mol. The average molecular weight is 426 g/mol. The molecule has 0 aliphatic rings. The van der Waals surface area contributed by atoms with E-state index in [2.05, 4.69) is 63.0 Å². The van der Waals surface area contributed by atoms with E-state index in [-0.39, 0.29) is 7.21 Å². The standard InChI is InChI=1S/C5H13N.3C5H12.C3H9N2OP.H2/c1-3-4-5(2)6;3*1-3-5-4-2;1-2(7)5-3(4)6;/h5H,3-4,6H2,1-2H3;3*3-5H2,1-2H3;2H,7H2,1H3,(H3,4,5,6);1H. The first-order valence-electron chi connectivity index (χ1n) is 11.7. The predicted molar refractivity (Wildman–Crippen MR) is 138 cm³/mol. The first kappa shape index (κ1) is 38.3. The molecule has 0 saturated carbocycles. The second kappa shape index (κ2) is 41.1. The smallest absolute Gasteiger partial charge is 0.312 e. The molecule has 0 radical (unpaired) electrons. The number of carbonyl (C=O) groups is 1. The summed E-state index contributed by atoms with van der Waals surface area (Å²) < 4.78 is 0. The highest BCUT2D eigenvalue weighted by atomic mass is 31.0. The Morgan fingerprint density at radius 2 is 1.07 bits per heavy atom. The molecule has 0 aliphatic carbocycles. The fraction of sp³-hybridized carbons (Fsp3) is 0.957. The lowest BCUT2D eigenvalue weighted by Crippen LogP contribution is -2.33. The third-order valence-corrected chi connectivity index (χ3v) is 3.40. The largest absolute Gasteiger partial charge is 0.352 e. The van der Waals surface area contributed by atoms with Gasteiger partial charge in [-0.05, 0) is 20.3 Å². The summed E-state index contributed by atoms with van der Waals surface area (Å²) in [6, 6.07) is -0.0856. The molecule has 5 N–H and O–H groups in total. The van der Waals surface area contributed by atoms with Crippen molar-refractivity contribution in [2.45, 2.75) is 145 Å². The molecule has 0 aromatic carbocycles. The van der Waals surface area contributed by atoms with Crippen molar-refractivity contribution in [2.75, 3.05) is 0 Å². The van der Waals surface area contributed by atoms with E-state index < -0.39 is 6.03 Å². The highest BCUT2D eigenvalue weighted by Gasteiger charge is 1.91. The van der Waals surface area contributed by atoms with Crippen molar-refractivity contribution in [2.24, 2.45) is 11.5 Å². The molecular formula is C23H60N3OP. The van der Waals surface area contributed by atoms with Crippen molar-refractivity contribution in [1.82, 2.24) is 5.32 Å². The van der Waals surface area contributed by atoms with E-state index in [1.807, 2.05) is 13.8 Å². The van der Waals surface area contributed by atoms with E-state index >= 15 is 0 Å². The van der Waals surface area contributed by atoms with Crippen LogP contribution in [0.2, 0.25) is 0 Å². The molecule has 0 aromatic rings. The number of nitrogens with two attached hydrogens (primary N) is 2. The summed E-state index contributed by atoms with van der Waals surface area (Å²) >= 11 is 0. The predicted octanol–water partition coefficient (Wildman–Crippen LogP) is 7.85. The van der Waals surface area contributed by atoms with Crippen molar-refractivity contribution < 1.29 is 6.22 Å². The Labute approximate surface area is 183 Å². The van der Waals surface area contributed by atoms with Gasteiger partial charge in [-0.3, -0.25) is 0 Å². The van der Waals surface area contributed by atoms with E-state index in [0.717, 1.165) is 6.42 Å². The minimum absolute atomic E-state index is 0. The zero-order valence-corrected chi connectivity index (χ0v) is 22.2. The molecule has 3 unspecified atom stereocenters. The number of hydrogen-bond acceptors (Lipinski definition) is 2. The number of carbonyl (C=O) groups excluding carboxylic acids is 1. The van der Waals surface area contributed by atoms with Crippen LogP contribution >= 0.6 is 9.24 Å². The highest BCUT2D eigenvalue weighted by molar-refractivity contribution is 7.17. The fourth-order valence-electron chi connectivity index (χ4n) is 1.74. The Kier molecular flexibility index (Phi) is 56.2. The van der Waals surface area contributed by atoms with Crippen molar-refractivity contribution in [3.8, 4) is 0 Å². The van der Waals surface area contributed by atoms with Crippen molar-refractivity contribution in [3.05, 3.63) is 0 Å². The molecule has 0 saturated heterocycles. The summed E-state index contributed by atoms with van der Waals surface area (Å²) in [5.41, 5.74) is 10.1. The molecular weight excluding hydrogens is 365 g/mol. The lowest BCUT2D eigenvalue weighted by Gasteiger charge is -2.01. The maximum Gasteiger partial charge on any atom is 0.312 e. The van der Waals surface area contributed by atoms with Gasteiger partial charge in [0.05, 0.1) is 0 Å². The van der Waals surface area contributed by atoms with Gasteiger partial charge in [0, 0.05) is 13.3 Å². The van der Waals surface area contributed by atoms with Gasteiger partial charge in [0.2, 0.25) is 0 Å². The van der Waals surface area contributed by atoms with Crippen molar-refractivity contribution >= 4 is 15.3 Å². The van der Waals surface area contributed by atoms with Crippen molar-refractivity contribution in [3.63, 3.8) is 0 Å². The second-order valence-electron chi connectivity index (χ2n) is 7.12. The number of rotatable bonds is 9. The number of hydrogen-bond donors (Lipinski definition) is 3. The molecule has 0 heterocycles. The van der Waals surface area contributed by atoms with Crippen molar-refractivity contribution in [1.29, 1.82) is 0 Å². The molecule has 2 amide bonds. The van der Waals surface area contributed by atoms with Gasteiger partial charge in [0.25, 0.3) is 0 Å². The quantitative estimate of drug-likeness (QED) is 0.329. The Morgan fingerprint density at radius 1 is 0.786 bits per heavy atom. The minimum Gasteiger partial charge on any atom is -0.352 e. The lowest BCUT2D eigenvalue weighted by atomic mass is 10.2. The number of unbranched alkanes of at least 4 members (excludes halogenated alkanes) is 6. The summed E-state index contributed by atoms with van der Waals surface area (Å²) in [5, 5.41) is 2.41. The van der Waals surface area contributed by atoms with E-state index in [1.54, 1.807) is 0 Å². The second-order valence-corrected chi connectivity index (χ2v) is 8.12. The Balaban J connectivity index is -0.0000000569. The van der Waals surface area contributed by atoms with Crippen LogP contribution in [0.5, 0.6) is 0 Å². The van der Waals surface area contributed by atoms with Gasteiger partial charge < -0.3 is 16.8 Å². The van der Waals surface area contributed by atoms with Gasteiger partial charge in [0.15, 0.2) is 0 Å².